The van der Waals surface area contributed by atoms with Crippen molar-refractivity contribution in [3.63, 3.8) is 0 Å². The summed E-state index contributed by atoms with van der Waals surface area (Å²) < 4.78 is 5.57. The van der Waals surface area contributed by atoms with E-state index in [9.17, 15) is 0 Å². The van der Waals surface area contributed by atoms with Gasteiger partial charge in [-0.05, 0) is 12.8 Å². The highest BCUT2D eigenvalue weighted by Crippen LogP contribution is 2.23. The Hall–Kier alpha value is -0.570. The van der Waals surface area contributed by atoms with E-state index in [2.05, 4.69) is 11.9 Å². The highest BCUT2D eigenvalue weighted by atomic mass is 16.5. The molecule has 3 nitrogen and oxygen atoms in total. The van der Waals surface area contributed by atoms with Crippen LogP contribution in [0.2, 0.25) is 0 Å². The van der Waals surface area contributed by atoms with E-state index in [1.165, 1.54) is 0 Å². The summed E-state index contributed by atoms with van der Waals surface area (Å²) >= 11 is 0. The Balaban J connectivity index is 2.35. The Labute approximate surface area is 80.4 Å². The van der Waals surface area contributed by atoms with Gasteiger partial charge in [-0.1, -0.05) is 13.8 Å². The molecule has 0 amide bonds. The molecule has 1 heterocycles. The maximum atomic E-state index is 5.65. The van der Waals surface area contributed by atoms with Crippen LogP contribution in [0.5, 0.6) is 0 Å². The number of ether oxygens (including phenoxy) is 1. The molecule has 0 saturated carbocycles. The molecular weight excluding hydrogens is 164 g/mol. The smallest absolute Gasteiger partial charge is 0.0934 e. The Morgan fingerprint density at radius 3 is 2.92 bits per heavy atom. The number of hydrogen-bond donors (Lipinski definition) is 1. The van der Waals surface area contributed by atoms with Gasteiger partial charge in [-0.15, -0.1) is 0 Å². The molecule has 2 unspecified atom stereocenters. The third-order valence-corrected chi connectivity index (χ3v) is 2.64. The standard InChI is InChI=1S/C10H20N2O/c1-3-9-8(5-6-13-9)7-12-10(11)4-2/h8-9H,3-7H2,1-2H3,(H2,11,12). The Kier molecular flexibility index (Phi) is 4.22. The van der Waals surface area contributed by atoms with Crippen LogP contribution in [0.3, 0.4) is 0 Å². The predicted molar refractivity (Wildman–Crippen MR) is 54.9 cm³/mol. The summed E-state index contributed by atoms with van der Waals surface area (Å²) in [6.45, 7) is 5.93. The molecule has 1 aliphatic heterocycles. The van der Waals surface area contributed by atoms with E-state index in [0.717, 1.165) is 38.2 Å². The number of rotatable bonds is 4. The maximum Gasteiger partial charge on any atom is 0.0934 e. The minimum Gasteiger partial charge on any atom is -0.387 e. The van der Waals surface area contributed by atoms with Crippen LogP contribution >= 0.6 is 0 Å². The first-order valence-corrected chi connectivity index (χ1v) is 5.18. The largest absolute Gasteiger partial charge is 0.387 e. The molecule has 0 aromatic rings. The molecule has 0 radical (unpaired) electrons. The minimum atomic E-state index is 0.411. The second-order valence-electron chi connectivity index (χ2n) is 3.55. The van der Waals surface area contributed by atoms with Crippen molar-refractivity contribution in [2.24, 2.45) is 16.6 Å². The van der Waals surface area contributed by atoms with Crippen molar-refractivity contribution in [2.45, 2.75) is 39.2 Å². The Morgan fingerprint density at radius 1 is 1.54 bits per heavy atom. The van der Waals surface area contributed by atoms with Gasteiger partial charge in [0, 0.05) is 25.5 Å². The summed E-state index contributed by atoms with van der Waals surface area (Å²) in [5.41, 5.74) is 5.65. The van der Waals surface area contributed by atoms with E-state index >= 15 is 0 Å². The summed E-state index contributed by atoms with van der Waals surface area (Å²) in [5, 5.41) is 0. The first-order valence-electron chi connectivity index (χ1n) is 5.18. The highest BCUT2D eigenvalue weighted by Gasteiger charge is 2.25. The molecule has 1 aliphatic rings. The molecule has 1 saturated heterocycles. The molecule has 3 heteroatoms. The normalized spacial score (nSPS) is 29.5. The van der Waals surface area contributed by atoms with Gasteiger partial charge >= 0.3 is 0 Å². The van der Waals surface area contributed by atoms with Gasteiger partial charge in [0.2, 0.25) is 0 Å². The lowest BCUT2D eigenvalue weighted by Gasteiger charge is -2.14. The van der Waals surface area contributed by atoms with E-state index < -0.39 is 0 Å². The van der Waals surface area contributed by atoms with Gasteiger partial charge in [-0.25, -0.2) is 0 Å². The van der Waals surface area contributed by atoms with Crippen molar-refractivity contribution >= 4 is 5.84 Å². The van der Waals surface area contributed by atoms with Crippen LogP contribution in [0.4, 0.5) is 0 Å². The zero-order chi connectivity index (χ0) is 9.68. The van der Waals surface area contributed by atoms with Crippen molar-refractivity contribution in [3.8, 4) is 0 Å². The molecule has 0 aromatic heterocycles. The van der Waals surface area contributed by atoms with E-state index in [4.69, 9.17) is 10.5 Å². The summed E-state index contributed by atoms with van der Waals surface area (Å²) in [6, 6.07) is 0. The first kappa shape index (κ1) is 10.5. The lowest BCUT2D eigenvalue weighted by Crippen LogP contribution is -2.19. The third kappa shape index (κ3) is 2.99. The molecule has 1 fully saturated rings. The molecule has 2 atom stereocenters. The van der Waals surface area contributed by atoms with Crippen LogP contribution < -0.4 is 5.73 Å². The Bertz CT molecular complexity index is 180. The zero-order valence-corrected chi connectivity index (χ0v) is 8.62. The van der Waals surface area contributed by atoms with Crippen LogP contribution in [0.25, 0.3) is 0 Å². The van der Waals surface area contributed by atoms with E-state index in [-0.39, 0.29) is 0 Å². The lowest BCUT2D eigenvalue weighted by atomic mass is 10.00. The molecule has 2 N–H and O–H groups in total. The number of nitrogens with two attached hydrogens (primary N) is 1. The highest BCUT2D eigenvalue weighted by molar-refractivity contribution is 5.79. The van der Waals surface area contributed by atoms with Crippen molar-refractivity contribution in [1.29, 1.82) is 0 Å². The fraction of sp³-hybridized carbons (Fsp3) is 0.900. The van der Waals surface area contributed by atoms with E-state index in [1.54, 1.807) is 0 Å². The number of aliphatic imine (C=N–C) groups is 1. The molecule has 0 aliphatic carbocycles. The van der Waals surface area contributed by atoms with Crippen molar-refractivity contribution in [1.82, 2.24) is 0 Å². The molecule has 76 valence electrons. The van der Waals surface area contributed by atoms with Crippen molar-refractivity contribution in [2.75, 3.05) is 13.2 Å². The van der Waals surface area contributed by atoms with Crippen molar-refractivity contribution < 1.29 is 4.74 Å². The van der Waals surface area contributed by atoms with Crippen LogP contribution in [-0.4, -0.2) is 25.1 Å². The molecule has 13 heavy (non-hydrogen) atoms. The fourth-order valence-electron chi connectivity index (χ4n) is 1.70. The minimum absolute atomic E-state index is 0.411. The lowest BCUT2D eigenvalue weighted by molar-refractivity contribution is 0.0893. The van der Waals surface area contributed by atoms with E-state index in [1.807, 2.05) is 6.92 Å². The Morgan fingerprint density at radius 2 is 2.31 bits per heavy atom. The summed E-state index contributed by atoms with van der Waals surface area (Å²) in [5.74, 6) is 1.36. The van der Waals surface area contributed by atoms with Crippen LogP contribution in [-0.2, 0) is 4.74 Å². The summed E-state index contributed by atoms with van der Waals surface area (Å²) in [7, 11) is 0. The molecule has 0 bridgehead atoms. The number of hydrogen-bond acceptors (Lipinski definition) is 2. The van der Waals surface area contributed by atoms with Gasteiger partial charge in [0.05, 0.1) is 11.9 Å². The zero-order valence-electron chi connectivity index (χ0n) is 8.62. The van der Waals surface area contributed by atoms with Gasteiger partial charge in [-0.3, -0.25) is 4.99 Å². The molecular formula is C10H20N2O. The number of amidine groups is 1. The fourth-order valence-corrected chi connectivity index (χ4v) is 1.70. The van der Waals surface area contributed by atoms with Crippen LogP contribution in [0.15, 0.2) is 4.99 Å². The third-order valence-electron chi connectivity index (χ3n) is 2.64. The average molecular weight is 184 g/mol. The predicted octanol–water partition coefficient (Wildman–Crippen LogP) is 1.57. The van der Waals surface area contributed by atoms with E-state index in [0.29, 0.717) is 12.0 Å². The summed E-state index contributed by atoms with van der Waals surface area (Å²) in [6.07, 6.45) is 3.49. The van der Waals surface area contributed by atoms with Crippen LogP contribution in [0, 0.1) is 5.92 Å². The van der Waals surface area contributed by atoms with Gasteiger partial charge in [0.25, 0.3) is 0 Å². The number of nitrogens with zero attached hydrogens (tertiary/aromatic N) is 1. The topological polar surface area (TPSA) is 47.6 Å². The second-order valence-corrected chi connectivity index (χ2v) is 3.55. The monoisotopic (exact) mass is 184 g/mol. The molecule has 0 aromatic carbocycles. The SMILES string of the molecule is CCC(N)=NCC1CCOC1CC. The van der Waals surface area contributed by atoms with Crippen LogP contribution in [0.1, 0.15) is 33.1 Å². The maximum absolute atomic E-state index is 5.65. The quantitative estimate of drug-likeness (QED) is 0.532. The van der Waals surface area contributed by atoms with Crippen molar-refractivity contribution in [3.05, 3.63) is 0 Å². The van der Waals surface area contributed by atoms with Gasteiger partial charge in [0.15, 0.2) is 0 Å². The molecule has 0 spiro atoms. The summed E-state index contributed by atoms with van der Waals surface area (Å²) in [4.78, 5) is 4.34. The average Bonchev–Trinajstić information content (AvgIpc) is 2.61. The van der Waals surface area contributed by atoms with Gasteiger partial charge in [0.1, 0.15) is 0 Å². The second kappa shape index (κ2) is 5.22. The van der Waals surface area contributed by atoms with Gasteiger partial charge in [-0.2, -0.15) is 0 Å². The van der Waals surface area contributed by atoms with Gasteiger partial charge < -0.3 is 10.5 Å². The molecule has 1 rings (SSSR count). The first-order chi connectivity index (χ1) is 6.27.